The van der Waals surface area contributed by atoms with Gasteiger partial charge in [0.15, 0.2) is 0 Å². The van der Waals surface area contributed by atoms with Crippen molar-refractivity contribution in [3.05, 3.63) is 101 Å². The summed E-state index contributed by atoms with van der Waals surface area (Å²) >= 11 is 0. The lowest BCUT2D eigenvalue weighted by Crippen LogP contribution is -2.49. The highest BCUT2D eigenvalue weighted by molar-refractivity contribution is 5.91. The van der Waals surface area contributed by atoms with Gasteiger partial charge in [-0.1, -0.05) is 72.8 Å². The Balaban J connectivity index is 1.31. The van der Waals surface area contributed by atoms with Crippen molar-refractivity contribution in [3.63, 3.8) is 0 Å². The minimum atomic E-state index is -0.808. The van der Waals surface area contributed by atoms with Gasteiger partial charge in [0.05, 0.1) is 6.61 Å². The number of aryl methyl sites for hydroxylation is 1. The van der Waals surface area contributed by atoms with Crippen molar-refractivity contribution in [2.75, 3.05) is 26.2 Å². The topological polar surface area (TPSA) is 55.6 Å². The van der Waals surface area contributed by atoms with E-state index in [9.17, 15) is 4.79 Å². The highest BCUT2D eigenvalue weighted by atomic mass is 16.5. The van der Waals surface area contributed by atoms with Crippen molar-refractivity contribution in [1.29, 1.82) is 0 Å². The Morgan fingerprint density at radius 1 is 1.00 bits per heavy atom. The number of hydrogen-bond donors (Lipinski definition) is 1. The van der Waals surface area contributed by atoms with Crippen LogP contribution in [-0.2, 0) is 23.1 Å². The SMILES string of the molecule is NC(=O)C(c1ccccc1)(c1ccccc1)[C@@H]1CCN(CCCc2ccc3c(c2)CCO3)C1. The zero-order valence-electron chi connectivity index (χ0n) is 19.1. The van der Waals surface area contributed by atoms with Crippen molar-refractivity contribution in [1.82, 2.24) is 4.90 Å². The Labute approximate surface area is 196 Å². The molecule has 33 heavy (non-hydrogen) atoms. The molecule has 5 rings (SSSR count). The quantitative estimate of drug-likeness (QED) is 0.567. The van der Waals surface area contributed by atoms with Gasteiger partial charge >= 0.3 is 0 Å². The number of likely N-dealkylation sites (tertiary alicyclic amines) is 1. The van der Waals surface area contributed by atoms with Crippen molar-refractivity contribution in [2.45, 2.75) is 31.1 Å². The summed E-state index contributed by atoms with van der Waals surface area (Å²) in [6, 6.07) is 26.8. The second-order valence-corrected chi connectivity index (χ2v) is 9.33. The van der Waals surface area contributed by atoms with Crippen LogP contribution in [0.25, 0.3) is 0 Å². The molecule has 0 spiro atoms. The van der Waals surface area contributed by atoms with Crippen molar-refractivity contribution in [2.24, 2.45) is 11.7 Å². The smallest absolute Gasteiger partial charge is 0.232 e. The molecular weight excluding hydrogens is 408 g/mol. The number of nitrogens with two attached hydrogens (primary N) is 1. The normalized spacial score (nSPS) is 18.1. The Kier molecular flexibility index (Phi) is 6.19. The molecule has 3 aromatic rings. The zero-order chi connectivity index (χ0) is 22.7. The third-order valence-corrected chi connectivity index (χ3v) is 7.43. The van der Waals surface area contributed by atoms with Gasteiger partial charge in [-0.2, -0.15) is 0 Å². The van der Waals surface area contributed by atoms with Gasteiger partial charge in [-0.25, -0.2) is 0 Å². The van der Waals surface area contributed by atoms with E-state index in [-0.39, 0.29) is 11.8 Å². The number of carbonyl (C=O) groups is 1. The largest absolute Gasteiger partial charge is 0.493 e. The van der Waals surface area contributed by atoms with Gasteiger partial charge in [0.25, 0.3) is 0 Å². The van der Waals surface area contributed by atoms with Gasteiger partial charge in [-0.05, 0) is 66.6 Å². The summed E-state index contributed by atoms with van der Waals surface area (Å²) < 4.78 is 5.63. The van der Waals surface area contributed by atoms with Crippen LogP contribution in [0.4, 0.5) is 0 Å². The van der Waals surface area contributed by atoms with Gasteiger partial charge < -0.3 is 15.4 Å². The lowest BCUT2D eigenvalue weighted by Gasteiger charge is -2.37. The van der Waals surface area contributed by atoms with Crippen molar-refractivity contribution in [3.8, 4) is 5.75 Å². The number of hydrogen-bond acceptors (Lipinski definition) is 3. The molecule has 3 aromatic carbocycles. The standard InChI is InChI=1S/C29H32N2O2/c30-28(32)29(24-9-3-1-4-10-24,25-11-5-2-6-12-25)26-15-18-31(21-26)17-7-8-22-13-14-27-23(20-22)16-19-33-27/h1-6,9-14,20,26H,7-8,15-19,21H2,(H2,30,32)/t26-/m1/s1. The van der Waals surface area contributed by atoms with Crippen LogP contribution in [0.2, 0.25) is 0 Å². The predicted octanol–water partition coefficient (Wildman–Crippen LogP) is 4.35. The van der Waals surface area contributed by atoms with E-state index >= 15 is 0 Å². The molecule has 0 bridgehead atoms. The summed E-state index contributed by atoms with van der Waals surface area (Å²) in [4.78, 5) is 15.7. The summed E-state index contributed by atoms with van der Waals surface area (Å²) in [7, 11) is 0. The molecule has 0 radical (unpaired) electrons. The molecule has 1 saturated heterocycles. The van der Waals surface area contributed by atoms with E-state index in [0.717, 1.165) is 68.8 Å². The Hall–Kier alpha value is -3.11. The number of amides is 1. The van der Waals surface area contributed by atoms with Crippen LogP contribution >= 0.6 is 0 Å². The summed E-state index contributed by atoms with van der Waals surface area (Å²) in [6.45, 7) is 3.71. The number of rotatable bonds is 8. The maximum absolute atomic E-state index is 13.2. The molecule has 0 saturated carbocycles. The number of nitrogens with zero attached hydrogens (tertiary/aromatic N) is 1. The number of benzene rings is 3. The van der Waals surface area contributed by atoms with Crippen LogP contribution in [-0.4, -0.2) is 37.0 Å². The molecule has 1 atom stereocenters. The third-order valence-electron chi connectivity index (χ3n) is 7.43. The van der Waals surface area contributed by atoms with E-state index in [0.29, 0.717) is 0 Å². The Bertz CT molecular complexity index is 1060. The van der Waals surface area contributed by atoms with Gasteiger partial charge in [-0.15, -0.1) is 0 Å². The average Bonchev–Trinajstić information content (AvgIpc) is 3.51. The first kappa shape index (κ1) is 21.7. The zero-order valence-corrected chi connectivity index (χ0v) is 19.1. The predicted molar refractivity (Wildman–Crippen MR) is 131 cm³/mol. The first-order valence-electron chi connectivity index (χ1n) is 12.1. The molecule has 1 amide bonds. The van der Waals surface area contributed by atoms with E-state index in [1.54, 1.807) is 0 Å². The number of primary amides is 1. The fourth-order valence-corrected chi connectivity index (χ4v) is 5.82. The molecule has 4 heteroatoms. The van der Waals surface area contributed by atoms with E-state index < -0.39 is 5.41 Å². The van der Waals surface area contributed by atoms with Crippen LogP contribution in [0, 0.1) is 5.92 Å². The first-order valence-corrected chi connectivity index (χ1v) is 12.1. The lowest BCUT2D eigenvalue weighted by atomic mass is 9.64. The summed E-state index contributed by atoms with van der Waals surface area (Å²) in [5.41, 5.74) is 10.1. The van der Waals surface area contributed by atoms with E-state index in [4.69, 9.17) is 10.5 Å². The molecule has 4 nitrogen and oxygen atoms in total. The van der Waals surface area contributed by atoms with Crippen LogP contribution in [0.1, 0.15) is 35.1 Å². The monoisotopic (exact) mass is 440 g/mol. The van der Waals surface area contributed by atoms with Gasteiger partial charge in [0.2, 0.25) is 5.91 Å². The minimum absolute atomic E-state index is 0.150. The fraction of sp³-hybridized carbons (Fsp3) is 0.345. The maximum atomic E-state index is 13.2. The molecular formula is C29H32N2O2. The van der Waals surface area contributed by atoms with E-state index in [2.05, 4.69) is 47.4 Å². The van der Waals surface area contributed by atoms with Crippen molar-refractivity contribution >= 4 is 5.91 Å². The minimum Gasteiger partial charge on any atom is -0.493 e. The van der Waals surface area contributed by atoms with Crippen LogP contribution in [0.5, 0.6) is 5.75 Å². The third kappa shape index (κ3) is 4.16. The molecule has 170 valence electrons. The van der Waals surface area contributed by atoms with Crippen LogP contribution in [0.15, 0.2) is 78.9 Å². The summed E-state index contributed by atoms with van der Waals surface area (Å²) in [5.74, 6) is 0.940. The highest BCUT2D eigenvalue weighted by Gasteiger charge is 2.49. The molecule has 0 aliphatic carbocycles. The molecule has 2 aliphatic rings. The second-order valence-electron chi connectivity index (χ2n) is 9.33. The molecule has 2 aliphatic heterocycles. The van der Waals surface area contributed by atoms with Crippen molar-refractivity contribution < 1.29 is 9.53 Å². The molecule has 2 heterocycles. The summed E-state index contributed by atoms with van der Waals surface area (Å²) in [5, 5.41) is 0. The fourth-order valence-electron chi connectivity index (χ4n) is 5.82. The lowest BCUT2D eigenvalue weighted by molar-refractivity contribution is -0.123. The second kappa shape index (κ2) is 9.40. The molecule has 1 fully saturated rings. The van der Waals surface area contributed by atoms with Gasteiger partial charge in [-0.3, -0.25) is 4.79 Å². The van der Waals surface area contributed by atoms with Gasteiger partial charge in [0.1, 0.15) is 11.2 Å². The number of ether oxygens (including phenoxy) is 1. The number of carbonyl (C=O) groups excluding carboxylic acids is 1. The van der Waals surface area contributed by atoms with Gasteiger partial charge in [0, 0.05) is 13.0 Å². The summed E-state index contributed by atoms with van der Waals surface area (Å²) in [6.07, 6.45) is 4.15. The van der Waals surface area contributed by atoms with Crippen LogP contribution < -0.4 is 10.5 Å². The highest BCUT2D eigenvalue weighted by Crippen LogP contribution is 2.43. The van der Waals surface area contributed by atoms with E-state index in [1.165, 1.54) is 11.1 Å². The maximum Gasteiger partial charge on any atom is 0.232 e. The molecule has 0 unspecified atom stereocenters. The molecule has 0 aromatic heterocycles. The Morgan fingerprint density at radius 3 is 2.36 bits per heavy atom. The average molecular weight is 441 g/mol. The Morgan fingerprint density at radius 2 is 1.70 bits per heavy atom. The number of fused-ring (bicyclic) bond motifs is 1. The van der Waals surface area contributed by atoms with E-state index in [1.807, 2.05) is 36.4 Å². The van der Waals surface area contributed by atoms with Crippen LogP contribution in [0.3, 0.4) is 0 Å². The first-order chi connectivity index (χ1) is 16.2. The molecule has 2 N–H and O–H groups in total.